The second-order valence-electron chi connectivity index (χ2n) is 4.08. The molecule has 1 aromatic rings. The van der Waals surface area contributed by atoms with E-state index in [-0.39, 0.29) is 0 Å². The number of methoxy groups -OCH3 is 1. The first kappa shape index (κ1) is 11.3. The van der Waals surface area contributed by atoms with Crippen molar-refractivity contribution in [2.75, 3.05) is 20.3 Å². The molecule has 2 rings (SSSR count). The number of hydrogen-bond acceptors (Lipinski definition) is 3. The third kappa shape index (κ3) is 2.89. The minimum Gasteiger partial charge on any atom is -0.493 e. The maximum atomic E-state index is 5.66. The summed E-state index contributed by atoms with van der Waals surface area (Å²) in [5, 5.41) is 3.46. The van der Waals surface area contributed by atoms with Crippen molar-refractivity contribution >= 4 is 0 Å². The first-order valence-electron chi connectivity index (χ1n) is 5.89. The first-order chi connectivity index (χ1) is 7.90. The second-order valence-corrected chi connectivity index (χ2v) is 4.08. The maximum absolute atomic E-state index is 5.66. The van der Waals surface area contributed by atoms with Gasteiger partial charge in [-0.3, -0.25) is 0 Å². The van der Waals surface area contributed by atoms with Gasteiger partial charge in [0.25, 0.3) is 0 Å². The van der Waals surface area contributed by atoms with Crippen molar-refractivity contribution in [3.63, 3.8) is 0 Å². The molecule has 1 aromatic carbocycles. The molecule has 0 amide bonds. The van der Waals surface area contributed by atoms with Gasteiger partial charge >= 0.3 is 0 Å². The molecule has 1 fully saturated rings. The average molecular weight is 221 g/mol. The van der Waals surface area contributed by atoms with E-state index in [1.54, 1.807) is 7.11 Å². The quantitative estimate of drug-likeness (QED) is 0.747. The Hall–Kier alpha value is -1.22. The lowest BCUT2D eigenvalue weighted by Crippen LogP contribution is -2.37. The number of nitrogens with one attached hydrogen (secondary N) is 1. The molecule has 16 heavy (non-hydrogen) atoms. The lowest BCUT2D eigenvalue weighted by atomic mass is 9.93. The Morgan fingerprint density at radius 2 is 2.00 bits per heavy atom. The van der Waals surface area contributed by atoms with E-state index in [4.69, 9.17) is 9.47 Å². The number of para-hydroxylation sites is 2. The molecule has 0 atom stereocenters. The van der Waals surface area contributed by atoms with Crippen molar-refractivity contribution in [3.8, 4) is 11.5 Å². The highest BCUT2D eigenvalue weighted by Crippen LogP contribution is 2.25. The van der Waals surface area contributed by atoms with Crippen molar-refractivity contribution in [1.29, 1.82) is 0 Å². The van der Waals surface area contributed by atoms with Gasteiger partial charge in [0.1, 0.15) is 6.61 Å². The zero-order valence-electron chi connectivity index (χ0n) is 9.74. The zero-order chi connectivity index (χ0) is 11.2. The molecule has 0 aromatic heterocycles. The minimum atomic E-state index is 0.691. The first-order valence-corrected chi connectivity index (χ1v) is 5.89. The van der Waals surface area contributed by atoms with E-state index in [2.05, 4.69) is 5.32 Å². The molecule has 88 valence electrons. The Labute approximate surface area is 96.8 Å². The molecule has 1 aliphatic carbocycles. The van der Waals surface area contributed by atoms with Crippen molar-refractivity contribution in [2.45, 2.75) is 25.3 Å². The van der Waals surface area contributed by atoms with Crippen LogP contribution in [0.25, 0.3) is 0 Å². The lowest BCUT2D eigenvalue weighted by molar-refractivity contribution is 0.265. The summed E-state index contributed by atoms with van der Waals surface area (Å²) in [6, 6.07) is 8.47. The summed E-state index contributed by atoms with van der Waals surface area (Å²) in [5.74, 6) is 1.62. The Kier molecular flexibility index (Phi) is 4.05. The molecule has 0 radical (unpaired) electrons. The molecular formula is C13H19NO2. The lowest BCUT2D eigenvalue weighted by Gasteiger charge is -2.26. The highest BCUT2D eigenvalue weighted by Gasteiger charge is 2.15. The Morgan fingerprint density at radius 1 is 1.25 bits per heavy atom. The fraction of sp³-hybridized carbons (Fsp3) is 0.538. The van der Waals surface area contributed by atoms with Crippen LogP contribution in [0.1, 0.15) is 19.3 Å². The molecule has 1 aliphatic rings. The van der Waals surface area contributed by atoms with Gasteiger partial charge in [0.15, 0.2) is 11.5 Å². The predicted octanol–water partition coefficient (Wildman–Crippen LogP) is 2.22. The fourth-order valence-electron chi connectivity index (χ4n) is 1.77. The molecule has 1 saturated carbocycles. The third-order valence-electron chi connectivity index (χ3n) is 2.97. The van der Waals surface area contributed by atoms with Crippen LogP contribution in [0.4, 0.5) is 0 Å². The van der Waals surface area contributed by atoms with Crippen LogP contribution in [0.5, 0.6) is 11.5 Å². The van der Waals surface area contributed by atoms with Crippen molar-refractivity contribution < 1.29 is 9.47 Å². The normalized spacial score (nSPS) is 15.6. The van der Waals surface area contributed by atoms with Crippen LogP contribution >= 0.6 is 0 Å². The largest absolute Gasteiger partial charge is 0.493 e. The Morgan fingerprint density at radius 3 is 2.62 bits per heavy atom. The van der Waals surface area contributed by atoms with Gasteiger partial charge in [-0.15, -0.1) is 0 Å². The number of benzene rings is 1. The third-order valence-corrected chi connectivity index (χ3v) is 2.97. The summed E-state index contributed by atoms with van der Waals surface area (Å²) in [4.78, 5) is 0. The highest BCUT2D eigenvalue weighted by molar-refractivity contribution is 5.39. The molecular weight excluding hydrogens is 202 g/mol. The summed E-state index contributed by atoms with van der Waals surface area (Å²) < 4.78 is 10.9. The van der Waals surface area contributed by atoms with Crippen LogP contribution in [-0.4, -0.2) is 26.3 Å². The van der Waals surface area contributed by atoms with Crippen LogP contribution in [0, 0.1) is 0 Å². The van der Waals surface area contributed by atoms with Crippen LogP contribution in [0.2, 0.25) is 0 Å². The van der Waals surface area contributed by atoms with Gasteiger partial charge in [-0.1, -0.05) is 18.6 Å². The van der Waals surface area contributed by atoms with Crippen molar-refractivity contribution in [3.05, 3.63) is 24.3 Å². The van der Waals surface area contributed by atoms with E-state index >= 15 is 0 Å². The van der Waals surface area contributed by atoms with Crippen LogP contribution < -0.4 is 14.8 Å². The summed E-state index contributed by atoms with van der Waals surface area (Å²) in [7, 11) is 1.66. The standard InChI is InChI=1S/C13H19NO2/c1-15-12-7-2-3-8-13(12)16-10-9-14-11-5-4-6-11/h2-3,7-8,11,14H,4-6,9-10H2,1H3. The Bertz CT molecular complexity index is 323. The molecule has 0 saturated heterocycles. The van der Waals surface area contributed by atoms with Gasteiger partial charge in [-0.05, 0) is 25.0 Å². The number of hydrogen-bond donors (Lipinski definition) is 1. The molecule has 0 unspecified atom stereocenters. The number of ether oxygens (including phenoxy) is 2. The van der Waals surface area contributed by atoms with Crippen molar-refractivity contribution in [1.82, 2.24) is 5.32 Å². The molecule has 0 heterocycles. The second kappa shape index (κ2) is 5.75. The van der Waals surface area contributed by atoms with Gasteiger partial charge < -0.3 is 14.8 Å². The van der Waals surface area contributed by atoms with E-state index in [1.165, 1.54) is 19.3 Å². The molecule has 0 aliphatic heterocycles. The summed E-state index contributed by atoms with van der Waals surface area (Å²) >= 11 is 0. The van der Waals surface area contributed by atoms with Crippen LogP contribution in [-0.2, 0) is 0 Å². The molecule has 0 bridgehead atoms. The minimum absolute atomic E-state index is 0.691. The van der Waals surface area contributed by atoms with Gasteiger partial charge in [0, 0.05) is 12.6 Å². The fourth-order valence-corrected chi connectivity index (χ4v) is 1.77. The smallest absolute Gasteiger partial charge is 0.161 e. The van der Waals surface area contributed by atoms with Crippen LogP contribution in [0.15, 0.2) is 24.3 Å². The SMILES string of the molecule is COc1ccccc1OCCNC1CCC1. The molecule has 3 heteroatoms. The monoisotopic (exact) mass is 221 g/mol. The molecule has 0 spiro atoms. The maximum Gasteiger partial charge on any atom is 0.161 e. The molecule has 1 N–H and O–H groups in total. The van der Waals surface area contributed by atoms with Gasteiger partial charge in [0.2, 0.25) is 0 Å². The summed E-state index contributed by atoms with van der Waals surface area (Å²) in [6.45, 7) is 1.60. The van der Waals surface area contributed by atoms with Gasteiger partial charge in [-0.25, -0.2) is 0 Å². The van der Waals surface area contributed by atoms with E-state index in [9.17, 15) is 0 Å². The number of rotatable bonds is 6. The summed E-state index contributed by atoms with van der Waals surface area (Å²) in [5.41, 5.74) is 0. The predicted molar refractivity (Wildman–Crippen MR) is 64.1 cm³/mol. The van der Waals surface area contributed by atoms with Crippen molar-refractivity contribution in [2.24, 2.45) is 0 Å². The van der Waals surface area contributed by atoms with E-state index < -0.39 is 0 Å². The molecule has 3 nitrogen and oxygen atoms in total. The average Bonchev–Trinajstić information content (AvgIpc) is 2.27. The van der Waals surface area contributed by atoms with E-state index in [0.717, 1.165) is 24.1 Å². The summed E-state index contributed by atoms with van der Waals surface area (Å²) in [6.07, 6.45) is 3.99. The van der Waals surface area contributed by atoms with E-state index in [0.29, 0.717) is 6.61 Å². The topological polar surface area (TPSA) is 30.5 Å². The van der Waals surface area contributed by atoms with Gasteiger partial charge in [-0.2, -0.15) is 0 Å². The Balaban J connectivity index is 1.71. The van der Waals surface area contributed by atoms with Gasteiger partial charge in [0.05, 0.1) is 7.11 Å². The highest BCUT2D eigenvalue weighted by atomic mass is 16.5. The zero-order valence-corrected chi connectivity index (χ0v) is 9.74. The van der Waals surface area contributed by atoms with Crippen LogP contribution in [0.3, 0.4) is 0 Å². The van der Waals surface area contributed by atoms with E-state index in [1.807, 2.05) is 24.3 Å².